The average Bonchev–Trinajstić information content (AvgIpc) is 2.93. The molecule has 3 aromatic carbocycles. The van der Waals surface area contributed by atoms with Crippen molar-refractivity contribution in [2.75, 3.05) is 48.6 Å². The van der Waals surface area contributed by atoms with Gasteiger partial charge in [0.2, 0.25) is 5.95 Å². The maximum Gasteiger partial charge on any atom is 0.270 e. The maximum atomic E-state index is 14.4. The third kappa shape index (κ3) is 6.08. The zero-order valence-electron chi connectivity index (χ0n) is 22.0. The number of halogens is 2. The molecule has 1 saturated heterocycles. The van der Waals surface area contributed by atoms with Gasteiger partial charge in [0.25, 0.3) is 5.91 Å². The zero-order valence-corrected chi connectivity index (χ0v) is 22.7. The fourth-order valence-corrected chi connectivity index (χ4v) is 4.70. The van der Waals surface area contributed by atoms with Crippen LogP contribution in [-0.4, -0.2) is 54.3 Å². The van der Waals surface area contributed by atoms with Crippen molar-refractivity contribution >= 4 is 40.6 Å². The Kier molecular flexibility index (Phi) is 7.99. The number of nitrogens with zero attached hydrogens (tertiary/aromatic N) is 4. The number of nitrogens with one attached hydrogen (secondary N) is 2. The van der Waals surface area contributed by atoms with Gasteiger partial charge in [-0.1, -0.05) is 29.8 Å². The van der Waals surface area contributed by atoms with Crippen molar-refractivity contribution in [1.82, 2.24) is 15.4 Å². The highest BCUT2D eigenvalue weighted by Gasteiger charge is 2.20. The van der Waals surface area contributed by atoms with E-state index in [4.69, 9.17) is 16.3 Å². The first-order valence-electron chi connectivity index (χ1n) is 12.6. The van der Waals surface area contributed by atoms with Gasteiger partial charge in [-0.05, 0) is 60.5 Å². The molecule has 40 heavy (non-hydrogen) atoms. The van der Waals surface area contributed by atoms with Crippen LogP contribution in [0.5, 0.6) is 5.75 Å². The zero-order chi connectivity index (χ0) is 28.2. The smallest absolute Gasteiger partial charge is 0.270 e. The third-order valence-corrected chi connectivity index (χ3v) is 6.68. The number of aromatic hydroxyl groups is 1. The minimum atomic E-state index is -0.531. The normalized spacial score (nSPS) is 13.2. The Labute approximate surface area is 236 Å². The van der Waals surface area contributed by atoms with Gasteiger partial charge in [0, 0.05) is 47.7 Å². The average molecular weight is 563 g/mol. The molecule has 0 atom stereocenters. The molecule has 0 radical (unpaired) electrons. The topological polar surface area (TPSA) is 103 Å². The number of amides is 1. The van der Waals surface area contributed by atoms with Gasteiger partial charge >= 0.3 is 0 Å². The lowest BCUT2D eigenvalue weighted by Crippen LogP contribution is -2.41. The molecule has 0 saturated carbocycles. The van der Waals surface area contributed by atoms with Crippen LogP contribution in [0.1, 0.15) is 15.9 Å². The first kappa shape index (κ1) is 27.2. The van der Waals surface area contributed by atoms with Gasteiger partial charge < -0.3 is 20.1 Å². The number of carbonyl (C=O) groups is 1. The highest BCUT2D eigenvalue weighted by atomic mass is 35.5. The summed E-state index contributed by atoms with van der Waals surface area (Å²) in [4.78, 5) is 23.2. The Morgan fingerprint density at radius 2 is 1.88 bits per heavy atom. The number of aromatic nitrogens is 2. The Morgan fingerprint density at radius 1 is 1.10 bits per heavy atom. The number of morpholine rings is 1. The second kappa shape index (κ2) is 11.8. The van der Waals surface area contributed by atoms with Crippen molar-refractivity contribution in [2.24, 2.45) is 0 Å². The predicted molar refractivity (Wildman–Crippen MR) is 154 cm³/mol. The summed E-state index contributed by atoms with van der Waals surface area (Å²) in [6, 6.07) is 17.8. The molecule has 1 fully saturated rings. The number of carbonyl (C=O) groups excluding carboxylic acids is 1. The van der Waals surface area contributed by atoms with E-state index < -0.39 is 5.82 Å². The second-order valence-corrected chi connectivity index (χ2v) is 9.78. The molecule has 5 rings (SSSR count). The lowest BCUT2D eigenvalue weighted by atomic mass is 10.0. The predicted octanol–water partition coefficient (Wildman–Crippen LogP) is 5.31. The summed E-state index contributed by atoms with van der Waals surface area (Å²) in [6.07, 6.45) is 1.10. The van der Waals surface area contributed by atoms with E-state index in [-0.39, 0.29) is 23.4 Å². The molecular formula is C29H28ClFN6O3. The fourth-order valence-electron chi connectivity index (χ4n) is 4.47. The highest BCUT2D eigenvalue weighted by Crippen LogP contribution is 2.34. The van der Waals surface area contributed by atoms with Gasteiger partial charge in [0.1, 0.15) is 5.75 Å². The number of phenols is 1. The van der Waals surface area contributed by atoms with E-state index in [1.54, 1.807) is 48.3 Å². The van der Waals surface area contributed by atoms with Crippen LogP contribution in [0.3, 0.4) is 0 Å². The van der Waals surface area contributed by atoms with E-state index >= 15 is 0 Å². The van der Waals surface area contributed by atoms with Crippen LogP contribution in [0.2, 0.25) is 5.02 Å². The largest absolute Gasteiger partial charge is 0.507 e. The molecule has 4 aromatic rings. The minimum Gasteiger partial charge on any atom is -0.507 e. The molecule has 0 bridgehead atoms. The molecule has 9 nitrogen and oxygen atoms in total. The van der Waals surface area contributed by atoms with Crippen LogP contribution in [0.4, 0.5) is 27.5 Å². The molecule has 206 valence electrons. The summed E-state index contributed by atoms with van der Waals surface area (Å²) >= 11 is 6.36. The minimum absolute atomic E-state index is 0.161. The number of ether oxygens (including phenoxy) is 1. The molecule has 2 heterocycles. The van der Waals surface area contributed by atoms with Crippen molar-refractivity contribution in [2.45, 2.75) is 6.92 Å². The number of phenolic OH excluding ortho intramolecular Hbond substituents is 1. The maximum absolute atomic E-state index is 14.4. The van der Waals surface area contributed by atoms with Gasteiger partial charge in [-0.25, -0.2) is 9.37 Å². The summed E-state index contributed by atoms with van der Waals surface area (Å²) in [5, 5.41) is 15.4. The second-order valence-electron chi connectivity index (χ2n) is 9.34. The molecule has 1 aromatic heterocycles. The molecule has 0 spiro atoms. The number of hydrogen-bond donors (Lipinski definition) is 3. The van der Waals surface area contributed by atoms with Crippen molar-refractivity contribution in [3.8, 4) is 16.9 Å². The van der Waals surface area contributed by atoms with Crippen molar-refractivity contribution < 1.29 is 19.0 Å². The summed E-state index contributed by atoms with van der Waals surface area (Å²) in [5.74, 6) is -0.398. The lowest BCUT2D eigenvalue weighted by Gasteiger charge is -2.28. The van der Waals surface area contributed by atoms with E-state index in [0.717, 1.165) is 28.7 Å². The monoisotopic (exact) mass is 562 g/mol. The Hall–Kier alpha value is -4.41. The molecule has 3 N–H and O–H groups in total. The Bertz CT molecular complexity index is 1550. The summed E-state index contributed by atoms with van der Waals surface area (Å²) in [7, 11) is 1.60. The van der Waals surface area contributed by atoms with Crippen LogP contribution in [0, 0.1) is 12.7 Å². The van der Waals surface area contributed by atoms with Crippen LogP contribution in [0.25, 0.3) is 11.1 Å². The molecule has 0 unspecified atom stereocenters. The number of aryl methyl sites for hydroxylation is 1. The molecule has 1 amide bonds. The van der Waals surface area contributed by atoms with E-state index in [1.165, 1.54) is 5.01 Å². The van der Waals surface area contributed by atoms with Crippen molar-refractivity contribution in [3.63, 3.8) is 0 Å². The number of hydrazine groups is 1. The van der Waals surface area contributed by atoms with Gasteiger partial charge in [-0.2, -0.15) is 4.98 Å². The number of hydrogen-bond acceptors (Lipinski definition) is 8. The van der Waals surface area contributed by atoms with E-state index in [1.807, 2.05) is 31.2 Å². The van der Waals surface area contributed by atoms with Gasteiger partial charge in [0.05, 0.1) is 19.4 Å². The summed E-state index contributed by atoms with van der Waals surface area (Å²) in [6.45, 7) is 3.86. The molecule has 0 aliphatic carbocycles. The SMILES string of the molecule is Cc1cc(Nc2cc(Cl)cc(-c3ccccc3O)c2)ccc1C(=O)NN(C)c1ncc(F)c(N2CCOCC2)n1. The van der Waals surface area contributed by atoms with Crippen LogP contribution >= 0.6 is 11.6 Å². The first-order chi connectivity index (χ1) is 19.3. The van der Waals surface area contributed by atoms with Crippen LogP contribution < -0.4 is 20.7 Å². The molecular weight excluding hydrogens is 535 g/mol. The standard InChI is InChI=1S/C29H28ClFN6O3/c1-18-13-21(33-22-15-19(14-20(30)16-22)24-5-3-4-6-26(24)38)7-8-23(18)28(39)35-36(2)29-32-17-25(31)27(34-29)37-9-11-40-12-10-37/h3-8,13-17,33,38H,9-12H2,1-2H3,(H,35,39). The van der Waals surface area contributed by atoms with Gasteiger partial charge in [-0.3, -0.25) is 15.2 Å². The van der Waals surface area contributed by atoms with Crippen molar-refractivity contribution in [3.05, 3.63) is 88.8 Å². The fraction of sp³-hybridized carbons (Fsp3) is 0.207. The van der Waals surface area contributed by atoms with E-state index in [2.05, 4.69) is 20.7 Å². The van der Waals surface area contributed by atoms with E-state index in [0.29, 0.717) is 42.5 Å². The quantitative estimate of drug-likeness (QED) is 0.260. The Balaban J connectivity index is 1.29. The summed E-state index contributed by atoms with van der Waals surface area (Å²) < 4.78 is 19.7. The number of para-hydroxylation sites is 1. The summed E-state index contributed by atoms with van der Waals surface area (Å²) in [5.41, 5.74) is 6.85. The molecule has 1 aliphatic heterocycles. The number of rotatable bonds is 7. The van der Waals surface area contributed by atoms with Crippen LogP contribution in [-0.2, 0) is 4.74 Å². The number of anilines is 4. The molecule has 11 heteroatoms. The number of benzene rings is 3. The van der Waals surface area contributed by atoms with E-state index in [9.17, 15) is 14.3 Å². The highest BCUT2D eigenvalue weighted by molar-refractivity contribution is 6.31. The Morgan fingerprint density at radius 3 is 2.62 bits per heavy atom. The lowest BCUT2D eigenvalue weighted by molar-refractivity contribution is 0.0950. The van der Waals surface area contributed by atoms with Gasteiger partial charge in [-0.15, -0.1) is 0 Å². The van der Waals surface area contributed by atoms with Crippen LogP contribution in [0.15, 0.2) is 66.9 Å². The molecule has 1 aliphatic rings. The van der Waals surface area contributed by atoms with Crippen molar-refractivity contribution in [1.29, 1.82) is 0 Å². The first-order valence-corrected chi connectivity index (χ1v) is 13.0. The third-order valence-electron chi connectivity index (χ3n) is 6.47. The van der Waals surface area contributed by atoms with Gasteiger partial charge in [0.15, 0.2) is 11.6 Å².